The van der Waals surface area contributed by atoms with Crippen LogP contribution in [0, 0.1) is 6.92 Å². The summed E-state index contributed by atoms with van der Waals surface area (Å²) in [6.45, 7) is 2.40. The van der Waals surface area contributed by atoms with Crippen LogP contribution < -0.4 is 5.32 Å². The van der Waals surface area contributed by atoms with Gasteiger partial charge in [0.1, 0.15) is 5.82 Å². The van der Waals surface area contributed by atoms with Crippen LogP contribution in [-0.4, -0.2) is 27.0 Å². The van der Waals surface area contributed by atoms with Crippen molar-refractivity contribution in [2.45, 2.75) is 13.3 Å². The van der Waals surface area contributed by atoms with Gasteiger partial charge in [-0.3, -0.25) is 4.79 Å². The number of aromatic nitrogens is 3. The van der Waals surface area contributed by atoms with Gasteiger partial charge in [-0.2, -0.15) is 5.10 Å². The third-order valence-corrected chi connectivity index (χ3v) is 4.11. The highest BCUT2D eigenvalue weighted by Gasteiger charge is 2.09. The smallest absolute Gasteiger partial charge is 0.251 e. The van der Waals surface area contributed by atoms with Crippen molar-refractivity contribution in [3.63, 3.8) is 0 Å². The second-order valence-corrected chi connectivity index (χ2v) is 5.87. The molecule has 5 nitrogen and oxygen atoms in total. The largest absolute Gasteiger partial charge is 0.352 e. The Hall–Kier alpha value is -1.92. The molecule has 0 atom stereocenters. The first-order valence-corrected chi connectivity index (χ1v) is 7.73. The van der Waals surface area contributed by atoms with Crippen LogP contribution in [-0.2, 0) is 6.42 Å². The molecule has 7 heteroatoms. The number of nitrogens with zero attached hydrogens (tertiary/aromatic N) is 3. The molecule has 0 bridgehead atoms. The first-order valence-electron chi connectivity index (χ1n) is 6.47. The third-order valence-electron chi connectivity index (χ3n) is 3.01. The van der Waals surface area contributed by atoms with E-state index in [1.165, 1.54) is 0 Å². The van der Waals surface area contributed by atoms with Crippen LogP contribution in [0.25, 0.3) is 4.96 Å². The van der Waals surface area contributed by atoms with Gasteiger partial charge in [-0.15, -0.1) is 11.3 Å². The minimum Gasteiger partial charge on any atom is -0.352 e. The molecular weight excluding hydrogens is 308 g/mol. The standard InChI is InChI=1S/C14H13ClN4OS/c1-9-17-14-19(18-9)12(8-21-14)5-6-16-13(20)10-3-2-4-11(15)7-10/h2-4,7-8H,5-6H2,1H3,(H,16,20). The molecule has 0 aliphatic rings. The Bertz CT molecular complexity index is 795. The molecule has 0 unspecified atom stereocenters. The van der Waals surface area contributed by atoms with Crippen molar-refractivity contribution in [3.05, 3.63) is 51.7 Å². The zero-order valence-corrected chi connectivity index (χ0v) is 12.9. The van der Waals surface area contributed by atoms with Crippen LogP contribution in [0.2, 0.25) is 5.02 Å². The second-order valence-electron chi connectivity index (χ2n) is 4.60. The number of rotatable bonds is 4. The Morgan fingerprint density at radius 1 is 1.48 bits per heavy atom. The number of fused-ring (bicyclic) bond motifs is 1. The molecule has 3 aromatic rings. The van der Waals surface area contributed by atoms with Crippen LogP contribution in [0.5, 0.6) is 0 Å². The molecule has 1 amide bonds. The van der Waals surface area contributed by atoms with Crippen LogP contribution >= 0.6 is 22.9 Å². The zero-order valence-electron chi connectivity index (χ0n) is 11.3. The minimum atomic E-state index is -0.126. The average molecular weight is 321 g/mol. The molecule has 0 saturated carbocycles. The van der Waals surface area contributed by atoms with Crippen LogP contribution in [0.15, 0.2) is 29.6 Å². The summed E-state index contributed by atoms with van der Waals surface area (Å²) >= 11 is 7.43. The zero-order chi connectivity index (χ0) is 14.8. The van der Waals surface area contributed by atoms with Crippen LogP contribution in [0.3, 0.4) is 0 Å². The molecule has 21 heavy (non-hydrogen) atoms. The molecule has 0 aliphatic carbocycles. The normalized spacial score (nSPS) is 11.0. The number of thiazole rings is 1. The Kier molecular flexibility index (Phi) is 3.90. The third kappa shape index (κ3) is 3.06. The van der Waals surface area contributed by atoms with Gasteiger partial charge in [0, 0.05) is 28.9 Å². The molecule has 1 N–H and O–H groups in total. The fraction of sp³-hybridized carbons (Fsp3) is 0.214. The predicted octanol–water partition coefficient (Wildman–Crippen LogP) is 2.73. The summed E-state index contributed by atoms with van der Waals surface area (Å²) in [6, 6.07) is 6.90. The fourth-order valence-corrected chi connectivity index (χ4v) is 3.12. The summed E-state index contributed by atoms with van der Waals surface area (Å²) in [6.07, 6.45) is 0.703. The van der Waals surface area contributed by atoms with Crippen molar-refractivity contribution >= 4 is 33.8 Å². The Labute approximate surface area is 130 Å². The Balaban J connectivity index is 1.62. The molecule has 2 heterocycles. The van der Waals surface area contributed by atoms with Gasteiger partial charge >= 0.3 is 0 Å². The van der Waals surface area contributed by atoms with E-state index in [-0.39, 0.29) is 5.91 Å². The number of aryl methyl sites for hydroxylation is 1. The van der Waals surface area contributed by atoms with E-state index in [1.54, 1.807) is 35.6 Å². The van der Waals surface area contributed by atoms with E-state index in [2.05, 4.69) is 15.4 Å². The topological polar surface area (TPSA) is 59.3 Å². The van der Waals surface area contributed by atoms with Gasteiger partial charge in [-0.25, -0.2) is 9.50 Å². The number of carbonyl (C=O) groups excluding carboxylic acids is 1. The molecule has 108 valence electrons. The van der Waals surface area contributed by atoms with E-state index in [0.717, 1.165) is 16.5 Å². The predicted molar refractivity (Wildman–Crippen MR) is 83.1 cm³/mol. The van der Waals surface area contributed by atoms with Gasteiger partial charge in [-0.05, 0) is 25.1 Å². The highest BCUT2D eigenvalue weighted by molar-refractivity contribution is 7.15. The highest BCUT2D eigenvalue weighted by Crippen LogP contribution is 2.14. The van der Waals surface area contributed by atoms with Crippen molar-refractivity contribution < 1.29 is 4.79 Å². The lowest BCUT2D eigenvalue weighted by atomic mass is 10.2. The maximum Gasteiger partial charge on any atom is 0.251 e. The maximum atomic E-state index is 12.0. The monoisotopic (exact) mass is 320 g/mol. The molecule has 0 spiro atoms. The lowest BCUT2D eigenvalue weighted by Gasteiger charge is -2.05. The fourth-order valence-electron chi connectivity index (χ4n) is 2.03. The number of hydrogen-bond acceptors (Lipinski definition) is 4. The maximum absolute atomic E-state index is 12.0. The first-order chi connectivity index (χ1) is 10.1. The van der Waals surface area contributed by atoms with Gasteiger partial charge in [0.15, 0.2) is 0 Å². The number of halogens is 1. The van der Waals surface area contributed by atoms with Crippen molar-refractivity contribution in [2.75, 3.05) is 6.54 Å². The average Bonchev–Trinajstić information content (AvgIpc) is 2.99. The van der Waals surface area contributed by atoms with Crippen molar-refractivity contribution in [1.82, 2.24) is 19.9 Å². The summed E-state index contributed by atoms with van der Waals surface area (Å²) in [7, 11) is 0. The molecule has 0 fully saturated rings. The summed E-state index contributed by atoms with van der Waals surface area (Å²) in [5.41, 5.74) is 1.61. The first kappa shape index (κ1) is 14.0. The van der Waals surface area contributed by atoms with E-state index < -0.39 is 0 Å². The van der Waals surface area contributed by atoms with E-state index in [9.17, 15) is 4.79 Å². The molecule has 0 saturated heterocycles. The molecule has 1 aromatic carbocycles. The minimum absolute atomic E-state index is 0.126. The van der Waals surface area contributed by atoms with Crippen molar-refractivity contribution in [2.24, 2.45) is 0 Å². The summed E-state index contributed by atoms with van der Waals surface area (Å²) in [5.74, 6) is 0.629. The Morgan fingerprint density at radius 2 is 2.33 bits per heavy atom. The lowest BCUT2D eigenvalue weighted by molar-refractivity contribution is 0.0954. The van der Waals surface area contributed by atoms with Crippen molar-refractivity contribution in [3.8, 4) is 0 Å². The lowest BCUT2D eigenvalue weighted by Crippen LogP contribution is -2.26. The summed E-state index contributed by atoms with van der Waals surface area (Å²) < 4.78 is 1.82. The molecule has 0 radical (unpaired) electrons. The van der Waals surface area contributed by atoms with Gasteiger partial charge in [-0.1, -0.05) is 17.7 Å². The summed E-state index contributed by atoms with van der Waals surface area (Å²) in [5, 5.41) is 9.78. The van der Waals surface area contributed by atoms with E-state index in [1.807, 2.05) is 16.8 Å². The van der Waals surface area contributed by atoms with E-state index in [4.69, 9.17) is 11.6 Å². The highest BCUT2D eigenvalue weighted by atomic mass is 35.5. The Morgan fingerprint density at radius 3 is 3.14 bits per heavy atom. The van der Waals surface area contributed by atoms with E-state index >= 15 is 0 Å². The van der Waals surface area contributed by atoms with Gasteiger partial charge in [0.05, 0.1) is 5.69 Å². The van der Waals surface area contributed by atoms with Crippen LogP contribution in [0.4, 0.5) is 0 Å². The number of hydrogen-bond donors (Lipinski definition) is 1. The number of amides is 1. The second kappa shape index (κ2) is 5.83. The number of benzene rings is 1. The molecule has 2 aromatic heterocycles. The molecule has 3 rings (SSSR count). The summed E-state index contributed by atoms with van der Waals surface area (Å²) in [4.78, 5) is 17.2. The van der Waals surface area contributed by atoms with Gasteiger partial charge < -0.3 is 5.32 Å². The van der Waals surface area contributed by atoms with Gasteiger partial charge in [0.2, 0.25) is 4.96 Å². The molecular formula is C14H13ClN4OS. The molecule has 0 aliphatic heterocycles. The van der Waals surface area contributed by atoms with Crippen molar-refractivity contribution in [1.29, 1.82) is 0 Å². The quantitative estimate of drug-likeness (QED) is 0.804. The number of carbonyl (C=O) groups is 1. The van der Waals surface area contributed by atoms with E-state index in [0.29, 0.717) is 23.6 Å². The number of nitrogens with one attached hydrogen (secondary N) is 1. The van der Waals surface area contributed by atoms with Crippen LogP contribution in [0.1, 0.15) is 21.9 Å². The SMILES string of the molecule is Cc1nc2scc(CCNC(=O)c3cccc(Cl)c3)n2n1. The van der Waals surface area contributed by atoms with Gasteiger partial charge in [0.25, 0.3) is 5.91 Å².